The number of carbonyl (C=O) groups is 3. The van der Waals surface area contributed by atoms with Crippen LogP contribution in [0.15, 0.2) is 85.1 Å². The Morgan fingerprint density at radius 3 is 1.48 bits per heavy atom. The molecule has 0 radical (unpaired) electrons. The van der Waals surface area contributed by atoms with Crippen LogP contribution in [0.4, 0.5) is 0 Å². The van der Waals surface area contributed by atoms with E-state index >= 15 is 0 Å². The van der Waals surface area contributed by atoms with Gasteiger partial charge in [0.2, 0.25) is 0 Å². The van der Waals surface area contributed by atoms with E-state index in [1.54, 1.807) is 6.08 Å². The number of rotatable bonds is 33. The zero-order valence-corrected chi connectivity index (χ0v) is 31.9. The molecule has 0 bridgehead atoms. The molecule has 0 rings (SSSR count). The molecule has 0 saturated heterocycles. The molecule has 0 heterocycles. The number of unbranched alkanes of at least 4 members (excludes halogenated alkanes) is 9. The van der Waals surface area contributed by atoms with E-state index < -0.39 is 18.0 Å². The van der Waals surface area contributed by atoms with E-state index in [0.29, 0.717) is 12.8 Å². The normalized spacial score (nSPS) is 12.9. The molecule has 50 heavy (non-hydrogen) atoms. The Bertz CT molecular complexity index is 1030. The fourth-order valence-corrected chi connectivity index (χ4v) is 4.75. The van der Waals surface area contributed by atoms with E-state index in [1.165, 1.54) is 32.1 Å². The Balaban J connectivity index is 4.57. The predicted octanol–water partition coefficient (Wildman–Crippen LogP) is 12.1. The molecule has 0 fully saturated rings. The van der Waals surface area contributed by atoms with Gasteiger partial charge in [0.15, 0.2) is 6.10 Å². The highest BCUT2D eigenvalue weighted by molar-refractivity contribution is 5.72. The number of esters is 3. The molecular formula is C44H70O6. The number of ether oxygens (including phenoxy) is 3. The van der Waals surface area contributed by atoms with Gasteiger partial charge < -0.3 is 14.2 Å². The van der Waals surface area contributed by atoms with Crippen molar-refractivity contribution in [3.8, 4) is 0 Å². The molecule has 0 aliphatic heterocycles. The average Bonchev–Trinajstić information content (AvgIpc) is 3.11. The predicted molar refractivity (Wildman–Crippen MR) is 210 cm³/mol. The van der Waals surface area contributed by atoms with Gasteiger partial charge in [-0.2, -0.15) is 0 Å². The summed E-state index contributed by atoms with van der Waals surface area (Å²) in [6.07, 6.45) is 47.5. The van der Waals surface area contributed by atoms with Crippen LogP contribution in [0.25, 0.3) is 0 Å². The highest BCUT2D eigenvalue weighted by Crippen LogP contribution is 2.10. The molecule has 1 unspecified atom stereocenters. The van der Waals surface area contributed by atoms with E-state index in [0.717, 1.165) is 77.0 Å². The van der Waals surface area contributed by atoms with E-state index in [-0.39, 0.29) is 32.0 Å². The maximum absolute atomic E-state index is 12.6. The second-order valence-corrected chi connectivity index (χ2v) is 12.4. The fourth-order valence-electron chi connectivity index (χ4n) is 4.75. The van der Waals surface area contributed by atoms with Crippen molar-refractivity contribution in [3.05, 3.63) is 85.1 Å². The van der Waals surface area contributed by atoms with Gasteiger partial charge in [-0.1, -0.05) is 138 Å². The van der Waals surface area contributed by atoms with E-state index in [4.69, 9.17) is 14.2 Å². The lowest BCUT2D eigenvalue weighted by Crippen LogP contribution is -2.30. The van der Waals surface area contributed by atoms with Gasteiger partial charge in [-0.3, -0.25) is 14.4 Å². The third kappa shape index (κ3) is 35.9. The van der Waals surface area contributed by atoms with Crippen molar-refractivity contribution in [1.82, 2.24) is 0 Å². The van der Waals surface area contributed by atoms with Crippen LogP contribution < -0.4 is 0 Å². The van der Waals surface area contributed by atoms with Gasteiger partial charge in [0.25, 0.3) is 0 Å². The number of carbonyl (C=O) groups excluding carboxylic acids is 3. The number of hydrogen-bond acceptors (Lipinski definition) is 6. The molecule has 1 atom stereocenters. The quantitative estimate of drug-likeness (QED) is 0.0294. The maximum Gasteiger partial charge on any atom is 0.309 e. The van der Waals surface area contributed by atoms with Crippen molar-refractivity contribution in [1.29, 1.82) is 0 Å². The molecule has 0 N–H and O–H groups in total. The van der Waals surface area contributed by atoms with E-state index in [1.807, 2.05) is 6.08 Å². The highest BCUT2D eigenvalue weighted by atomic mass is 16.6. The van der Waals surface area contributed by atoms with Crippen molar-refractivity contribution in [3.63, 3.8) is 0 Å². The fraction of sp³-hybridized carbons (Fsp3) is 0.614. The summed E-state index contributed by atoms with van der Waals surface area (Å²) in [6.45, 7) is 6.17. The van der Waals surface area contributed by atoms with Crippen molar-refractivity contribution < 1.29 is 28.6 Å². The summed E-state index contributed by atoms with van der Waals surface area (Å²) in [4.78, 5) is 37.3. The van der Waals surface area contributed by atoms with Crippen molar-refractivity contribution in [2.24, 2.45) is 0 Å². The Morgan fingerprint density at radius 2 is 0.880 bits per heavy atom. The van der Waals surface area contributed by atoms with Crippen LogP contribution in [-0.4, -0.2) is 37.2 Å². The summed E-state index contributed by atoms with van der Waals surface area (Å²) >= 11 is 0. The van der Waals surface area contributed by atoms with Crippen molar-refractivity contribution in [2.75, 3.05) is 13.2 Å². The minimum Gasteiger partial charge on any atom is -0.462 e. The van der Waals surface area contributed by atoms with Crippen LogP contribution in [0.1, 0.15) is 156 Å². The van der Waals surface area contributed by atoms with Crippen LogP contribution in [0.3, 0.4) is 0 Å². The summed E-state index contributed by atoms with van der Waals surface area (Å²) in [5, 5.41) is 0. The summed E-state index contributed by atoms with van der Waals surface area (Å²) in [6, 6.07) is 0. The van der Waals surface area contributed by atoms with Gasteiger partial charge in [-0.05, 0) is 83.5 Å². The smallest absolute Gasteiger partial charge is 0.309 e. The third-order valence-corrected chi connectivity index (χ3v) is 7.65. The van der Waals surface area contributed by atoms with Gasteiger partial charge in [-0.25, -0.2) is 0 Å². The molecule has 0 aromatic carbocycles. The molecular weight excluding hydrogens is 624 g/mol. The Hall–Kier alpha value is -3.41. The van der Waals surface area contributed by atoms with Gasteiger partial charge in [0, 0.05) is 12.8 Å². The van der Waals surface area contributed by atoms with E-state index in [9.17, 15) is 14.4 Å². The first-order valence-electron chi connectivity index (χ1n) is 19.6. The summed E-state index contributed by atoms with van der Waals surface area (Å²) in [5.74, 6) is -1.14. The second kappa shape index (κ2) is 38.4. The van der Waals surface area contributed by atoms with Crippen molar-refractivity contribution in [2.45, 2.75) is 162 Å². The maximum atomic E-state index is 12.6. The van der Waals surface area contributed by atoms with E-state index in [2.05, 4.69) is 93.7 Å². The minimum atomic E-state index is -0.837. The van der Waals surface area contributed by atoms with Crippen LogP contribution in [0, 0.1) is 0 Å². The first-order chi connectivity index (χ1) is 24.5. The Morgan fingerprint density at radius 1 is 0.440 bits per heavy atom. The molecule has 6 heteroatoms. The Kier molecular flexibility index (Phi) is 35.8. The molecule has 0 saturated carbocycles. The Labute approximate surface area is 305 Å². The highest BCUT2D eigenvalue weighted by Gasteiger charge is 2.19. The molecule has 0 aromatic heterocycles. The molecule has 0 amide bonds. The molecule has 0 aromatic rings. The standard InChI is InChI=1S/C44H70O6/c1-4-7-10-13-16-19-21-23-25-28-31-34-37-43(46)49-40-41(39-48-42(45)36-33-30-27-24-18-15-12-9-6-3)50-44(47)38-35-32-29-26-22-20-17-14-11-8-5-2/h8-9,11-12,16-20,24,26,29-30,33,41H,4-7,10,13-15,21-23,25,27-28,31-32,34-40H2,1-3H3/b11-8-,12-9-,19-16-,20-17-,24-18-,29-26-,33-30-. The van der Waals surface area contributed by atoms with Gasteiger partial charge in [0.1, 0.15) is 13.2 Å². The van der Waals surface area contributed by atoms with Crippen molar-refractivity contribution >= 4 is 17.9 Å². The lowest BCUT2D eigenvalue weighted by molar-refractivity contribution is -0.166. The third-order valence-electron chi connectivity index (χ3n) is 7.65. The van der Waals surface area contributed by atoms with Gasteiger partial charge in [0.05, 0.1) is 6.42 Å². The van der Waals surface area contributed by atoms with Crippen LogP contribution in [0.2, 0.25) is 0 Å². The zero-order chi connectivity index (χ0) is 36.6. The number of hydrogen-bond donors (Lipinski definition) is 0. The topological polar surface area (TPSA) is 78.9 Å². The van der Waals surface area contributed by atoms with Crippen LogP contribution in [0.5, 0.6) is 0 Å². The first kappa shape index (κ1) is 46.6. The zero-order valence-electron chi connectivity index (χ0n) is 31.9. The SMILES string of the molecule is CC/C=C\C/C=C\C/C=C\CCCC(=O)OC(COC(=O)C/C=C\C/C=C\C/C=C\CC)COC(=O)CCCCCCC/C=C\CCCCC. The largest absolute Gasteiger partial charge is 0.462 e. The van der Waals surface area contributed by atoms with Crippen LogP contribution >= 0.6 is 0 Å². The monoisotopic (exact) mass is 695 g/mol. The average molecular weight is 695 g/mol. The second-order valence-electron chi connectivity index (χ2n) is 12.4. The van der Waals surface area contributed by atoms with Gasteiger partial charge >= 0.3 is 17.9 Å². The number of allylic oxidation sites excluding steroid dienone is 13. The molecule has 0 aliphatic carbocycles. The lowest BCUT2D eigenvalue weighted by Gasteiger charge is -2.18. The molecule has 0 spiro atoms. The molecule has 0 aliphatic rings. The first-order valence-corrected chi connectivity index (χ1v) is 19.6. The lowest BCUT2D eigenvalue weighted by atomic mass is 10.1. The van der Waals surface area contributed by atoms with Gasteiger partial charge in [-0.15, -0.1) is 0 Å². The van der Waals surface area contributed by atoms with Crippen LogP contribution in [-0.2, 0) is 28.6 Å². The summed E-state index contributed by atoms with van der Waals surface area (Å²) in [7, 11) is 0. The summed E-state index contributed by atoms with van der Waals surface area (Å²) < 4.78 is 16.4. The summed E-state index contributed by atoms with van der Waals surface area (Å²) in [5.41, 5.74) is 0. The minimum absolute atomic E-state index is 0.121. The molecule has 6 nitrogen and oxygen atoms in total. The molecule has 282 valence electrons.